The third-order valence-corrected chi connectivity index (χ3v) is 4.37. The quantitative estimate of drug-likeness (QED) is 0.677. The molecule has 6 nitrogen and oxygen atoms in total. The SMILES string of the molecule is COc1ccc([N+](=O)[O-])c(N2C3CCC2CC(O)C3)c1. The summed E-state index contributed by atoms with van der Waals surface area (Å²) in [7, 11) is 1.56. The first kappa shape index (κ1) is 13.2. The molecule has 0 saturated carbocycles. The van der Waals surface area contributed by atoms with Gasteiger partial charge in [0.05, 0.1) is 18.1 Å². The summed E-state index contributed by atoms with van der Waals surface area (Å²) in [6.45, 7) is 0. The molecule has 2 saturated heterocycles. The van der Waals surface area contributed by atoms with Gasteiger partial charge >= 0.3 is 0 Å². The van der Waals surface area contributed by atoms with Gasteiger partial charge in [0.25, 0.3) is 5.69 Å². The molecule has 0 spiro atoms. The van der Waals surface area contributed by atoms with Gasteiger partial charge < -0.3 is 14.7 Å². The number of ether oxygens (including phenoxy) is 1. The summed E-state index contributed by atoms with van der Waals surface area (Å²) in [5.41, 5.74) is 0.729. The number of nitro groups is 1. The molecule has 0 radical (unpaired) electrons. The largest absolute Gasteiger partial charge is 0.497 e. The van der Waals surface area contributed by atoms with Crippen molar-refractivity contribution in [2.45, 2.75) is 43.9 Å². The van der Waals surface area contributed by atoms with E-state index in [9.17, 15) is 15.2 Å². The molecular weight excluding hydrogens is 260 g/mol. The van der Waals surface area contributed by atoms with Crippen LogP contribution in [0.25, 0.3) is 0 Å². The number of hydrogen-bond donors (Lipinski definition) is 1. The van der Waals surface area contributed by atoms with Crippen LogP contribution in [-0.2, 0) is 0 Å². The summed E-state index contributed by atoms with van der Waals surface area (Å²) in [5.74, 6) is 0.621. The number of benzene rings is 1. The van der Waals surface area contributed by atoms with E-state index >= 15 is 0 Å². The number of nitro benzene ring substituents is 1. The second kappa shape index (κ2) is 4.94. The van der Waals surface area contributed by atoms with E-state index in [2.05, 4.69) is 4.90 Å². The molecule has 20 heavy (non-hydrogen) atoms. The van der Waals surface area contributed by atoms with E-state index in [0.717, 1.165) is 12.8 Å². The fourth-order valence-corrected chi connectivity index (χ4v) is 3.53. The fraction of sp³-hybridized carbons (Fsp3) is 0.571. The number of aliphatic hydroxyl groups excluding tert-OH is 1. The van der Waals surface area contributed by atoms with Crippen molar-refractivity contribution in [3.63, 3.8) is 0 Å². The van der Waals surface area contributed by atoms with Crippen molar-refractivity contribution in [2.24, 2.45) is 0 Å². The fourth-order valence-electron chi connectivity index (χ4n) is 3.53. The van der Waals surface area contributed by atoms with Crippen molar-refractivity contribution >= 4 is 11.4 Å². The lowest BCUT2D eigenvalue weighted by Crippen LogP contribution is -2.45. The van der Waals surface area contributed by atoms with Crippen LogP contribution in [0.5, 0.6) is 5.75 Å². The van der Waals surface area contributed by atoms with Crippen LogP contribution < -0.4 is 9.64 Å². The molecular formula is C14H18N2O4. The van der Waals surface area contributed by atoms with Gasteiger partial charge in [0, 0.05) is 24.2 Å². The standard InChI is InChI=1S/C14H18N2O4/c1-20-12-4-5-13(16(18)19)14(8-12)15-9-2-3-10(15)7-11(17)6-9/h4-5,8-11,17H,2-3,6-7H2,1H3. The third-order valence-electron chi connectivity index (χ3n) is 4.37. The molecule has 2 aliphatic heterocycles. The van der Waals surface area contributed by atoms with E-state index in [4.69, 9.17) is 4.74 Å². The molecule has 2 bridgehead atoms. The van der Waals surface area contributed by atoms with Gasteiger partial charge in [0.2, 0.25) is 0 Å². The minimum atomic E-state index is -0.348. The Balaban J connectivity index is 2.02. The van der Waals surface area contributed by atoms with Crippen molar-refractivity contribution in [1.82, 2.24) is 0 Å². The van der Waals surface area contributed by atoms with E-state index in [1.807, 2.05) is 0 Å². The number of nitrogens with zero attached hydrogens (tertiary/aromatic N) is 2. The molecule has 1 N–H and O–H groups in total. The zero-order chi connectivity index (χ0) is 14.3. The topological polar surface area (TPSA) is 75.8 Å². The monoisotopic (exact) mass is 278 g/mol. The van der Waals surface area contributed by atoms with Crippen LogP contribution in [0.4, 0.5) is 11.4 Å². The summed E-state index contributed by atoms with van der Waals surface area (Å²) >= 11 is 0. The summed E-state index contributed by atoms with van der Waals surface area (Å²) in [6, 6.07) is 5.23. The zero-order valence-electron chi connectivity index (χ0n) is 11.4. The summed E-state index contributed by atoms with van der Waals surface area (Å²) in [5, 5.41) is 21.1. The van der Waals surface area contributed by atoms with Crippen molar-refractivity contribution in [3.8, 4) is 5.75 Å². The van der Waals surface area contributed by atoms with E-state index in [0.29, 0.717) is 24.3 Å². The highest BCUT2D eigenvalue weighted by atomic mass is 16.6. The molecule has 2 heterocycles. The molecule has 1 aromatic carbocycles. The summed E-state index contributed by atoms with van der Waals surface area (Å²) in [6.07, 6.45) is 3.05. The van der Waals surface area contributed by atoms with Crippen LogP contribution in [0, 0.1) is 10.1 Å². The highest BCUT2D eigenvalue weighted by Gasteiger charge is 2.42. The van der Waals surface area contributed by atoms with Gasteiger partial charge in [0.1, 0.15) is 11.4 Å². The van der Waals surface area contributed by atoms with Crippen molar-refractivity contribution in [1.29, 1.82) is 0 Å². The number of methoxy groups -OCH3 is 1. The second-order valence-corrected chi connectivity index (χ2v) is 5.53. The predicted octanol–water partition coefficient (Wildman–Crippen LogP) is 2.10. The Morgan fingerprint density at radius 2 is 2.00 bits per heavy atom. The van der Waals surface area contributed by atoms with Crippen LogP contribution >= 0.6 is 0 Å². The molecule has 2 unspecified atom stereocenters. The van der Waals surface area contributed by atoms with Crippen LogP contribution in [-0.4, -0.2) is 35.3 Å². The average molecular weight is 278 g/mol. The number of hydrogen-bond acceptors (Lipinski definition) is 5. The Labute approximate surface area is 117 Å². The normalized spacial score (nSPS) is 28.5. The van der Waals surface area contributed by atoms with Crippen molar-refractivity contribution < 1.29 is 14.8 Å². The molecule has 0 aromatic heterocycles. The first-order valence-electron chi connectivity index (χ1n) is 6.89. The van der Waals surface area contributed by atoms with E-state index in [-0.39, 0.29) is 28.8 Å². The first-order valence-corrected chi connectivity index (χ1v) is 6.89. The molecule has 0 amide bonds. The first-order chi connectivity index (χ1) is 9.60. The van der Waals surface area contributed by atoms with Gasteiger partial charge in [-0.3, -0.25) is 10.1 Å². The van der Waals surface area contributed by atoms with Crippen LogP contribution in [0.3, 0.4) is 0 Å². The van der Waals surface area contributed by atoms with Gasteiger partial charge in [-0.25, -0.2) is 0 Å². The van der Waals surface area contributed by atoms with Crippen molar-refractivity contribution in [2.75, 3.05) is 12.0 Å². The lowest BCUT2D eigenvalue weighted by molar-refractivity contribution is -0.384. The minimum absolute atomic E-state index is 0.110. The second-order valence-electron chi connectivity index (χ2n) is 5.53. The third kappa shape index (κ3) is 2.10. The van der Waals surface area contributed by atoms with Crippen LogP contribution in [0.2, 0.25) is 0 Å². The molecule has 108 valence electrons. The number of aliphatic hydroxyl groups is 1. The number of fused-ring (bicyclic) bond motifs is 2. The Hall–Kier alpha value is -1.82. The molecule has 2 atom stereocenters. The number of rotatable bonds is 3. The minimum Gasteiger partial charge on any atom is -0.497 e. The highest BCUT2D eigenvalue weighted by Crippen LogP contribution is 2.43. The number of piperidine rings is 1. The van der Waals surface area contributed by atoms with Crippen molar-refractivity contribution in [3.05, 3.63) is 28.3 Å². The van der Waals surface area contributed by atoms with Crippen LogP contribution in [0.15, 0.2) is 18.2 Å². The lowest BCUT2D eigenvalue weighted by Gasteiger charge is -2.38. The van der Waals surface area contributed by atoms with Gasteiger partial charge in [0.15, 0.2) is 0 Å². The van der Waals surface area contributed by atoms with E-state index < -0.39 is 0 Å². The van der Waals surface area contributed by atoms with Gasteiger partial charge in [-0.15, -0.1) is 0 Å². The van der Waals surface area contributed by atoms with Gasteiger partial charge in [-0.1, -0.05) is 0 Å². The molecule has 6 heteroatoms. The molecule has 3 rings (SSSR count). The predicted molar refractivity (Wildman–Crippen MR) is 74.2 cm³/mol. The maximum absolute atomic E-state index is 11.3. The number of anilines is 1. The Kier molecular flexibility index (Phi) is 3.25. The molecule has 2 aliphatic rings. The molecule has 2 fully saturated rings. The maximum atomic E-state index is 11.3. The molecule has 0 aliphatic carbocycles. The maximum Gasteiger partial charge on any atom is 0.292 e. The smallest absolute Gasteiger partial charge is 0.292 e. The van der Waals surface area contributed by atoms with E-state index in [1.165, 1.54) is 6.07 Å². The van der Waals surface area contributed by atoms with Gasteiger partial charge in [-0.2, -0.15) is 0 Å². The Bertz CT molecular complexity index is 520. The average Bonchev–Trinajstić information content (AvgIpc) is 2.70. The zero-order valence-corrected chi connectivity index (χ0v) is 11.4. The summed E-state index contributed by atoms with van der Waals surface area (Å²) < 4.78 is 5.19. The highest BCUT2D eigenvalue weighted by molar-refractivity contribution is 5.67. The van der Waals surface area contributed by atoms with Gasteiger partial charge in [-0.05, 0) is 31.7 Å². The molecule has 1 aromatic rings. The van der Waals surface area contributed by atoms with Crippen LogP contribution in [0.1, 0.15) is 25.7 Å². The summed E-state index contributed by atoms with van der Waals surface area (Å²) in [4.78, 5) is 13.0. The Morgan fingerprint density at radius 3 is 2.55 bits per heavy atom. The van der Waals surface area contributed by atoms with E-state index in [1.54, 1.807) is 19.2 Å². The Morgan fingerprint density at radius 1 is 1.35 bits per heavy atom. The lowest BCUT2D eigenvalue weighted by atomic mass is 9.98.